The fourth-order valence-corrected chi connectivity index (χ4v) is 3.37. The summed E-state index contributed by atoms with van der Waals surface area (Å²) in [6, 6.07) is 7.38. The SMILES string of the molecule is CC(=O)NC1CCCN(C(=O)c2nn(-c3ccccc3Cl)cc2C)C1. The number of aryl methyl sites for hydroxylation is 1. The molecular weight excluding hydrogens is 340 g/mol. The van der Waals surface area contributed by atoms with Crippen molar-refractivity contribution in [3.63, 3.8) is 0 Å². The van der Waals surface area contributed by atoms with E-state index in [4.69, 9.17) is 11.6 Å². The van der Waals surface area contributed by atoms with Gasteiger partial charge in [0.05, 0.1) is 10.7 Å². The van der Waals surface area contributed by atoms with Gasteiger partial charge in [0.1, 0.15) is 0 Å². The zero-order valence-corrected chi connectivity index (χ0v) is 15.1. The van der Waals surface area contributed by atoms with Crippen LogP contribution in [0.4, 0.5) is 0 Å². The van der Waals surface area contributed by atoms with E-state index in [9.17, 15) is 9.59 Å². The summed E-state index contributed by atoms with van der Waals surface area (Å²) in [5, 5.41) is 7.93. The van der Waals surface area contributed by atoms with Crippen molar-refractivity contribution in [1.82, 2.24) is 20.0 Å². The molecule has 1 aliphatic rings. The van der Waals surface area contributed by atoms with Crippen molar-refractivity contribution in [3.05, 3.63) is 46.7 Å². The molecule has 1 aromatic carbocycles. The first-order chi connectivity index (χ1) is 12.0. The Labute approximate surface area is 151 Å². The molecule has 25 heavy (non-hydrogen) atoms. The molecule has 6 nitrogen and oxygen atoms in total. The molecule has 1 aromatic heterocycles. The van der Waals surface area contributed by atoms with E-state index in [0.717, 1.165) is 24.1 Å². The molecule has 1 N–H and O–H groups in total. The van der Waals surface area contributed by atoms with Gasteiger partial charge in [0.15, 0.2) is 5.69 Å². The van der Waals surface area contributed by atoms with E-state index in [1.165, 1.54) is 6.92 Å². The number of rotatable bonds is 3. The van der Waals surface area contributed by atoms with Crippen molar-refractivity contribution >= 4 is 23.4 Å². The first-order valence-corrected chi connectivity index (χ1v) is 8.71. The van der Waals surface area contributed by atoms with Gasteiger partial charge >= 0.3 is 0 Å². The third-order valence-corrected chi connectivity index (χ3v) is 4.63. The second-order valence-electron chi connectivity index (χ2n) is 6.35. The lowest BCUT2D eigenvalue weighted by atomic mass is 10.0. The fourth-order valence-electron chi connectivity index (χ4n) is 3.15. The van der Waals surface area contributed by atoms with Crippen LogP contribution < -0.4 is 5.32 Å². The van der Waals surface area contributed by atoms with Gasteiger partial charge in [0.2, 0.25) is 5.91 Å². The number of piperidine rings is 1. The highest BCUT2D eigenvalue weighted by Crippen LogP contribution is 2.22. The maximum atomic E-state index is 12.9. The van der Waals surface area contributed by atoms with Crippen LogP contribution in [0.5, 0.6) is 0 Å². The van der Waals surface area contributed by atoms with Crippen LogP contribution in [-0.2, 0) is 4.79 Å². The molecular formula is C18H21ClN4O2. The minimum atomic E-state index is -0.113. The second-order valence-corrected chi connectivity index (χ2v) is 6.75. The van der Waals surface area contributed by atoms with Crippen LogP contribution in [0.25, 0.3) is 5.69 Å². The van der Waals surface area contributed by atoms with E-state index in [-0.39, 0.29) is 17.9 Å². The normalized spacial score (nSPS) is 17.4. The van der Waals surface area contributed by atoms with Crippen LogP contribution in [0.3, 0.4) is 0 Å². The van der Waals surface area contributed by atoms with E-state index in [1.807, 2.05) is 31.3 Å². The van der Waals surface area contributed by atoms with Crippen LogP contribution in [0.1, 0.15) is 35.8 Å². The predicted octanol–water partition coefficient (Wildman–Crippen LogP) is 2.57. The second kappa shape index (κ2) is 7.27. The van der Waals surface area contributed by atoms with Crippen LogP contribution in [0.2, 0.25) is 5.02 Å². The average molecular weight is 361 g/mol. The largest absolute Gasteiger partial charge is 0.352 e. The van der Waals surface area contributed by atoms with Crippen LogP contribution in [-0.4, -0.2) is 45.6 Å². The van der Waals surface area contributed by atoms with Crippen LogP contribution in [0.15, 0.2) is 30.5 Å². The summed E-state index contributed by atoms with van der Waals surface area (Å²) in [5.74, 6) is -0.183. The standard InChI is InChI=1S/C18H21ClN4O2/c1-12-10-23(16-8-4-3-7-15(16)19)21-17(12)18(25)22-9-5-6-14(11-22)20-13(2)24/h3-4,7-8,10,14H,5-6,9,11H2,1-2H3,(H,20,24). The number of carbonyl (C=O) groups excluding carboxylic acids is 2. The molecule has 0 spiro atoms. The summed E-state index contributed by atoms with van der Waals surface area (Å²) < 4.78 is 1.64. The fraction of sp³-hybridized carbons (Fsp3) is 0.389. The number of likely N-dealkylation sites (tertiary alicyclic amines) is 1. The molecule has 3 rings (SSSR count). The molecule has 132 valence electrons. The van der Waals surface area contributed by atoms with Gasteiger partial charge in [-0.15, -0.1) is 0 Å². The summed E-state index contributed by atoms with van der Waals surface area (Å²) in [5.41, 5.74) is 1.95. The van der Waals surface area contributed by atoms with Gasteiger partial charge in [-0.1, -0.05) is 23.7 Å². The Morgan fingerprint density at radius 3 is 2.80 bits per heavy atom. The number of nitrogens with zero attached hydrogens (tertiary/aromatic N) is 3. The Morgan fingerprint density at radius 1 is 1.32 bits per heavy atom. The molecule has 1 saturated heterocycles. The van der Waals surface area contributed by atoms with Gasteiger partial charge in [-0.25, -0.2) is 4.68 Å². The highest BCUT2D eigenvalue weighted by molar-refractivity contribution is 6.32. The molecule has 2 heterocycles. The molecule has 0 aliphatic carbocycles. The van der Waals surface area contributed by atoms with Gasteiger partial charge in [0, 0.05) is 37.8 Å². The third-order valence-electron chi connectivity index (χ3n) is 4.32. The first kappa shape index (κ1) is 17.5. The van der Waals surface area contributed by atoms with Crippen LogP contribution >= 0.6 is 11.6 Å². The van der Waals surface area contributed by atoms with Crippen LogP contribution in [0, 0.1) is 6.92 Å². The Bertz CT molecular complexity index is 802. The molecule has 7 heteroatoms. The molecule has 2 amide bonds. The monoisotopic (exact) mass is 360 g/mol. The quantitative estimate of drug-likeness (QED) is 0.914. The summed E-state index contributed by atoms with van der Waals surface area (Å²) in [6.45, 7) is 4.54. The van der Waals surface area contributed by atoms with E-state index >= 15 is 0 Å². The van der Waals surface area contributed by atoms with Crippen molar-refractivity contribution in [2.45, 2.75) is 32.7 Å². The number of hydrogen-bond acceptors (Lipinski definition) is 3. The van der Waals surface area contributed by atoms with Crippen molar-refractivity contribution < 1.29 is 9.59 Å². The van der Waals surface area contributed by atoms with Crippen molar-refractivity contribution in [1.29, 1.82) is 0 Å². The van der Waals surface area contributed by atoms with Crippen molar-refractivity contribution in [2.75, 3.05) is 13.1 Å². The molecule has 1 fully saturated rings. The van der Waals surface area contributed by atoms with E-state index in [1.54, 1.807) is 15.6 Å². The Kier molecular flexibility index (Phi) is 5.08. The van der Waals surface area contributed by atoms with Gasteiger partial charge in [-0.2, -0.15) is 5.10 Å². The summed E-state index contributed by atoms with van der Waals surface area (Å²) in [7, 11) is 0. The summed E-state index contributed by atoms with van der Waals surface area (Å²) >= 11 is 6.22. The Morgan fingerprint density at radius 2 is 2.08 bits per heavy atom. The van der Waals surface area contributed by atoms with Gasteiger partial charge in [-0.05, 0) is 31.9 Å². The lowest BCUT2D eigenvalue weighted by molar-refractivity contribution is -0.120. The van der Waals surface area contributed by atoms with E-state index in [2.05, 4.69) is 10.4 Å². The van der Waals surface area contributed by atoms with E-state index in [0.29, 0.717) is 23.8 Å². The molecule has 0 bridgehead atoms. The predicted molar refractivity (Wildman–Crippen MR) is 96.1 cm³/mol. The van der Waals surface area contributed by atoms with Gasteiger partial charge < -0.3 is 10.2 Å². The minimum absolute atomic E-state index is 0.00107. The number of carbonyl (C=O) groups is 2. The van der Waals surface area contributed by atoms with Gasteiger partial charge in [-0.3, -0.25) is 9.59 Å². The average Bonchev–Trinajstić information content (AvgIpc) is 2.96. The highest BCUT2D eigenvalue weighted by atomic mass is 35.5. The number of benzene rings is 1. The minimum Gasteiger partial charge on any atom is -0.352 e. The number of hydrogen-bond donors (Lipinski definition) is 1. The van der Waals surface area contributed by atoms with Gasteiger partial charge in [0.25, 0.3) is 5.91 Å². The zero-order valence-electron chi connectivity index (χ0n) is 14.3. The number of aromatic nitrogens is 2. The highest BCUT2D eigenvalue weighted by Gasteiger charge is 2.27. The molecule has 1 atom stereocenters. The van der Waals surface area contributed by atoms with Crippen molar-refractivity contribution in [3.8, 4) is 5.69 Å². The molecule has 0 radical (unpaired) electrons. The Balaban J connectivity index is 1.81. The number of amides is 2. The molecule has 0 saturated carbocycles. The molecule has 1 unspecified atom stereocenters. The lowest BCUT2D eigenvalue weighted by Crippen LogP contribution is -2.49. The molecule has 1 aliphatic heterocycles. The molecule has 2 aromatic rings. The number of nitrogens with one attached hydrogen (secondary N) is 1. The third kappa shape index (κ3) is 3.85. The smallest absolute Gasteiger partial charge is 0.274 e. The lowest BCUT2D eigenvalue weighted by Gasteiger charge is -2.32. The zero-order chi connectivity index (χ0) is 18.0. The first-order valence-electron chi connectivity index (χ1n) is 8.33. The Hall–Kier alpha value is -2.34. The van der Waals surface area contributed by atoms with E-state index < -0.39 is 0 Å². The maximum absolute atomic E-state index is 12.9. The summed E-state index contributed by atoms with van der Waals surface area (Å²) in [6.07, 6.45) is 3.56. The summed E-state index contributed by atoms with van der Waals surface area (Å²) in [4.78, 5) is 25.9. The maximum Gasteiger partial charge on any atom is 0.274 e. The number of halogens is 1. The topological polar surface area (TPSA) is 67.2 Å². The number of para-hydroxylation sites is 1. The van der Waals surface area contributed by atoms with Crippen molar-refractivity contribution in [2.24, 2.45) is 0 Å².